The van der Waals surface area contributed by atoms with Gasteiger partial charge in [-0.2, -0.15) is 0 Å². The van der Waals surface area contributed by atoms with Gasteiger partial charge in [-0.15, -0.1) is 0 Å². The summed E-state index contributed by atoms with van der Waals surface area (Å²) >= 11 is 0. The highest BCUT2D eigenvalue weighted by Gasteiger charge is 2.19. The van der Waals surface area contributed by atoms with Crippen molar-refractivity contribution in [2.24, 2.45) is 5.73 Å². The van der Waals surface area contributed by atoms with Crippen molar-refractivity contribution < 1.29 is 4.74 Å². The van der Waals surface area contributed by atoms with E-state index < -0.39 is 0 Å². The van der Waals surface area contributed by atoms with Crippen LogP contribution in [-0.2, 0) is 11.2 Å². The lowest BCUT2D eigenvalue weighted by Gasteiger charge is -2.13. The molecule has 0 amide bonds. The second-order valence-corrected chi connectivity index (χ2v) is 4.15. The molecular formula is C13H19NO. The van der Waals surface area contributed by atoms with Crippen molar-refractivity contribution in [3.05, 3.63) is 35.4 Å². The lowest BCUT2D eigenvalue weighted by Crippen LogP contribution is -2.05. The molecule has 1 aliphatic heterocycles. The third-order valence-electron chi connectivity index (χ3n) is 3.07. The summed E-state index contributed by atoms with van der Waals surface area (Å²) in [4.78, 5) is 0. The largest absolute Gasteiger partial charge is 0.381 e. The van der Waals surface area contributed by atoms with Crippen molar-refractivity contribution in [3.63, 3.8) is 0 Å². The molecule has 1 fully saturated rings. The predicted molar refractivity (Wildman–Crippen MR) is 62.0 cm³/mol. The smallest absolute Gasteiger partial charge is 0.0535 e. The molecular weight excluding hydrogens is 186 g/mol. The summed E-state index contributed by atoms with van der Waals surface area (Å²) in [6.45, 7) is 2.57. The maximum atomic E-state index is 5.56. The Kier molecular flexibility index (Phi) is 3.75. The molecule has 1 unspecified atom stereocenters. The fourth-order valence-electron chi connectivity index (χ4n) is 2.23. The highest BCUT2D eigenvalue weighted by atomic mass is 16.5. The third kappa shape index (κ3) is 2.58. The Bertz CT molecular complexity index is 305. The van der Waals surface area contributed by atoms with Crippen LogP contribution in [0.15, 0.2) is 24.3 Å². The molecule has 1 heterocycles. The van der Waals surface area contributed by atoms with Crippen LogP contribution in [0.3, 0.4) is 0 Å². The van der Waals surface area contributed by atoms with Crippen LogP contribution in [0.25, 0.3) is 0 Å². The van der Waals surface area contributed by atoms with E-state index in [4.69, 9.17) is 10.5 Å². The minimum atomic E-state index is 0.610. The zero-order valence-electron chi connectivity index (χ0n) is 9.11. The lowest BCUT2D eigenvalue weighted by atomic mass is 9.91. The number of aryl methyl sites for hydroxylation is 1. The molecule has 2 heteroatoms. The van der Waals surface area contributed by atoms with Gasteiger partial charge in [0.15, 0.2) is 0 Å². The zero-order valence-corrected chi connectivity index (χ0v) is 9.11. The molecule has 2 rings (SSSR count). The number of nitrogens with two attached hydrogens (primary N) is 1. The number of rotatable bonds is 4. The standard InChI is InChI=1S/C13H19NO/c14-8-3-5-11-4-1-2-6-13(11)12-7-9-15-10-12/h1-2,4,6,12H,3,5,7-10,14H2. The summed E-state index contributed by atoms with van der Waals surface area (Å²) < 4.78 is 5.45. The molecule has 1 aromatic carbocycles. The van der Waals surface area contributed by atoms with Crippen molar-refractivity contribution in [2.45, 2.75) is 25.2 Å². The molecule has 0 spiro atoms. The van der Waals surface area contributed by atoms with Crippen LogP contribution in [0.5, 0.6) is 0 Å². The van der Waals surface area contributed by atoms with E-state index in [0.29, 0.717) is 5.92 Å². The molecule has 1 aliphatic rings. The number of hydrogen-bond donors (Lipinski definition) is 1. The van der Waals surface area contributed by atoms with Crippen LogP contribution in [-0.4, -0.2) is 19.8 Å². The zero-order chi connectivity index (χ0) is 10.5. The first-order chi connectivity index (χ1) is 7.42. The quantitative estimate of drug-likeness (QED) is 0.816. The van der Waals surface area contributed by atoms with Gasteiger partial charge in [0, 0.05) is 12.5 Å². The summed E-state index contributed by atoms with van der Waals surface area (Å²) in [5, 5.41) is 0. The Labute approximate surface area is 91.4 Å². The van der Waals surface area contributed by atoms with Crippen LogP contribution in [0.1, 0.15) is 29.9 Å². The van der Waals surface area contributed by atoms with Crippen LogP contribution in [0.4, 0.5) is 0 Å². The maximum absolute atomic E-state index is 5.56. The Morgan fingerprint density at radius 3 is 2.93 bits per heavy atom. The van der Waals surface area contributed by atoms with Gasteiger partial charge in [-0.25, -0.2) is 0 Å². The SMILES string of the molecule is NCCCc1ccccc1C1CCOC1. The fraction of sp³-hybridized carbons (Fsp3) is 0.538. The van der Waals surface area contributed by atoms with Crippen LogP contribution < -0.4 is 5.73 Å². The van der Waals surface area contributed by atoms with Crippen LogP contribution in [0.2, 0.25) is 0 Å². The topological polar surface area (TPSA) is 35.2 Å². The molecule has 1 atom stereocenters. The number of hydrogen-bond acceptors (Lipinski definition) is 2. The Morgan fingerprint density at radius 1 is 1.33 bits per heavy atom. The van der Waals surface area contributed by atoms with Crippen LogP contribution >= 0.6 is 0 Å². The van der Waals surface area contributed by atoms with E-state index in [1.807, 2.05) is 0 Å². The second-order valence-electron chi connectivity index (χ2n) is 4.15. The molecule has 0 aliphatic carbocycles. The van der Waals surface area contributed by atoms with Gasteiger partial charge >= 0.3 is 0 Å². The molecule has 1 saturated heterocycles. The van der Waals surface area contributed by atoms with E-state index >= 15 is 0 Å². The van der Waals surface area contributed by atoms with E-state index in [1.54, 1.807) is 0 Å². The molecule has 15 heavy (non-hydrogen) atoms. The lowest BCUT2D eigenvalue weighted by molar-refractivity contribution is 0.194. The average Bonchev–Trinajstić information content (AvgIpc) is 2.80. The first-order valence-corrected chi connectivity index (χ1v) is 5.77. The highest BCUT2D eigenvalue weighted by Crippen LogP contribution is 2.28. The summed E-state index contributed by atoms with van der Waals surface area (Å²) in [5.74, 6) is 0.610. The molecule has 2 N–H and O–H groups in total. The van der Waals surface area contributed by atoms with Crippen molar-refractivity contribution in [3.8, 4) is 0 Å². The molecule has 0 aromatic heterocycles. The van der Waals surface area contributed by atoms with E-state index in [-0.39, 0.29) is 0 Å². The number of benzene rings is 1. The second kappa shape index (κ2) is 5.29. The monoisotopic (exact) mass is 205 g/mol. The van der Waals surface area contributed by atoms with Crippen LogP contribution in [0, 0.1) is 0 Å². The van der Waals surface area contributed by atoms with E-state index in [1.165, 1.54) is 17.5 Å². The Morgan fingerprint density at radius 2 is 2.20 bits per heavy atom. The minimum absolute atomic E-state index is 0.610. The van der Waals surface area contributed by atoms with E-state index in [0.717, 1.165) is 32.6 Å². The van der Waals surface area contributed by atoms with E-state index in [9.17, 15) is 0 Å². The summed E-state index contributed by atoms with van der Waals surface area (Å²) in [6.07, 6.45) is 3.34. The normalized spacial score (nSPS) is 20.7. The van der Waals surface area contributed by atoms with Gasteiger partial charge in [0.1, 0.15) is 0 Å². The van der Waals surface area contributed by atoms with Gasteiger partial charge in [-0.1, -0.05) is 24.3 Å². The summed E-state index contributed by atoms with van der Waals surface area (Å²) in [5.41, 5.74) is 8.49. The molecule has 2 nitrogen and oxygen atoms in total. The molecule has 0 saturated carbocycles. The molecule has 0 radical (unpaired) electrons. The fourth-order valence-corrected chi connectivity index (χ4v) is 2.23. The van der Waals surface area contributed by atoms with Gasteiger partial charge in [0.05, 0.1) is 6.61 Å². The van der Waals surface area contributed by atoms with Gasteiger partial charge in [-0.3, -0.25) is 0 Å². The van der Waals surface area contributed by atoms with Crippen molar-refractivity contribution in [1.82, 2.24) is 0 Å². The first kappa shape index (κ1) is 10.7. The van der Waals surface area contributed by atoms with Crippen molar-refractivity contribution >= 4 is 0 Å². The molecule has 82 valence electrons. The van der Waals surface area contributed by atoms with Gasteiger partial charge in [0.2, 0.25) is 0 Å². The maximum Gasteiger partial charge on any atom is 0.0535 e. The molecule has 1 aromatic rings. The average molecular weight is 205 g/mol. The van der Waals surface area contributed by atoms with Crippen molar-refractivity contribution in [2.75, 3.05) is 19.8 Å². The summed E-state index contributed by atoms with van der Waals surface area (Å²) in [6, 6.07) is 8.71. The van der Waals surface area contributed by atoms with Gasteiger partial charge < -0.3 is 10.5 Å². The summed E-state index contributed by atoms with van der Waals surface area (Å²) in [7, 11) is 0. The van der Waals surface area contributed by atoms with E-state index in [2.05, 4.69) is 24.3 Å². The van der Waals surface area contributed by atoms with Gasteiger partial charge in [0.25, 0.3) is 0 Å². The molecule has 0 bridgehead atoms. The first-order valence-electron chi connectivity index (χ1n) is 5.77. The predicted octanol–water partition coefficient (Wildman–Crippen LogP) is 2.08. The highest BCUT2D eigenvalue weighted by molar-refractivity contribution is 5.31. The Balaban J connectivity index is 2.13. The van der Waals surface area contributed by atoms with Gasteiger partial charge in [-0.05, 0) is 36.9 Å². The Hall–Kier alpha value is -0.860. The third-order valence-corrected chi connectivity index (χ3v) is 3.07. The minimum Gasteiger partial charge on any atom is -0.381 e. The van der Waals surface area contributed by atoms with Crippen molar-refractivity contribution in [1.29, 1.82) is 0 Å². The number of ether oxygens (including phenoxy) is 1.